The molecule has 1 aliphatic rings. The van der Waals surface area contributed by atoms with Crippen LogP contribution in [0.15, 0.2) is 18.2 Å². The zero-order valence-electron chi connectivity index (χ0n) is 12.2. The van der Waals surface area contributed by atoms with Gasteiger partial charge in [-0.1, -0.05) is 19.8 Å². The summed E-state index contributed by atoms with van der Waals surface area (Å²) < 4.78 is 0. The van der Waals surface area contributed by atoms with Gasteiger partial charge in [-0.25, -0.2) is 0 Å². The van der Waals surface area contributed by atoms with Crippen molar-refractivity contribution in [3.05, 3.63) is 33.9 Å². The molecule has 1 fully saturated rings. The SMILES string of the molecule is CC1CCCC(NC(=O)c2cc(N)ccc2[N+](=O)[O-])CC1. The van der Waals surface area contributed by atoms with Crippen LogP contribution < -0.4 is 11.1 Å². The highest BCUT2D eigenvalue weighted by atomic mass is 16.6. The predicted molar refractivity (Wildman–Crippen MR) is 81.0 cm³/mol. The van der Waals surface area contributed by atoms with Gasteiger partial charge in [0.2, 0.25) is 0 Å². The Balaban J connectivity index is 2.13. The third kappa shape index (κ3) is 3.93. The van der Waals surface area contributed by atoms with E-state index in [0.29, 0.717) is 11.6 Å². The first-order valence-corrected chi connectivity index (χ1v) is 7.32. The second kappa shape index (κ2) is 6.56. The average molecular weight is 291 g/mol. The second-order valence-electron chi connectivity index (χ2n) is 5.82. The fourth-order valence-corrected chi connectivity index (χ4v) is 2.79. The first kappa shape index (κ1) is 15.3. The Labute approximate surface area is 123 Å². The number of hydrogen-bond donors (Lipinski definition) is 2. The number of carbonyl (C=O) groups is 1. The normalized spacial score (nSPS) is 22.3. The number of nitrogen functional groups attached to an aromatic ring is 1. The third-order valence-electron chi connectivity index (χ3n) is 4.05. The van der Waals surface area contributed by atoms with Gasteiger partial charge < -0.3 is 11.1 Å². The molecule has 1 aromatic carbocycles. The van der Waals surface area contributed by atoms with Crippen molar-refractivity contribution in [1.29, 1.82) is 0 Å². The van der Waals surface area contributed by atoms with Gasteiger partial charge >= 0.3 is 0 Å². The molecule has 1 saturated carbocycles. The van der Waals surface area contributed by atoms with E-state index in [4.69, 9.17) is 5.73 Å². The van der Waals surface area contributed by atoms with E-state index in [1.807, 2.05) is 0 Å². The number of nitrogens with zero attached hydrogens (tertiary/aromatic N) is 1. The lowest BCUT2D eigenvalue weighted by atomic mass is 10.0. The number of nitrogens with two attached hydrogens (primary N) is 1. The molecule has 21 heavy (non-hydrogen) atoms. The molecule has 2 atom stereocenters. The number of benzene rings is 1. The first-order valence-electron chi connectivity index (χ1n) is 7.32. The molecule has 1 aromatic rings. The van der Waals surface area contributed by atoms with Crippen LogP contribution in [0, 0.1) is 16.0 Å². The van der Waals surface area contributed by atoms with Crippen molar-refractivity contribution >= 4 is 17.3 Å². The van der Waals surface area contributed by atoms with Gasteiger partial charge in [-0.3, -0.25) is 14.9 Å². The molecular formula is C15H21N3O3. The zero-order chi connectivity index (χ0) is 15.4. The Morgan fingerprint density at radius 2 is 2.10 bits per heavy atom. The van der Waals surface area contributed by atoms with Gasteiger partial charge in [-0.2, -0.15) is 0 Å². The summed E-state index contributed by atoms with van der Waals surface area (Å²) in [4.78, 5) is 22.8. The molecular weight excluding hydrogens is 270 g/mol. The molecule has 0 saturated heterocycles. The molecule has 0 radical (unpaired) electrons. The highest BCUT2D eigenvalue weighted by Gasteiger charge is 2.24. The molecule has 6 heteroatoms. The Morgan fingerprint density at radius 3 is 2.81 bits per heavy atom. The maximum atomic E-state index is 12.3. The second-order valence-corrected chi connectivity index (χ2v) is 5.82. The Kier molecular flexibility index (Phi) is 4.77. The van der Waals surface area contributed by atoms with Crippen LogP contribution in [0.25, 0.3) is 0 Å². The lowest BCUT2D eigenvalue weighted by Gasteiger charge is -2.16. The summed E-state index contributed by atoms with van der Waals surface area (Å²) in [6.45, 7) is 2.22. The largest absolute Gasteiger partial charge is 0.399 e. The van der Waals surface area contributed by atoms with E-state index >= 15 is 0 Å². The number of amides is 1. The molecule has 2 unspecified atom stereocenters. The van der Waals surface area contributed by atoms with Crippen LogP contribution in [0.5, 0.6) is 0 Å². The smallest absolute Gasteiger partial charge is 0.282 e. The number of carbonyl (C=O) groups excluding carboxylic acids is 1. The molecule has 6 nitrogen and oxygen atoms in total. The van der Waals surface area contributed by atoms with E-state index < -0.39 is 10.8 Å². The standard InChI is InChI=1S/C15H21N3O3/c1-10-3-2-4-12(7-5-10)17-15(19)13-9-11(16)6-8-14(13)18(20)21/h6,8-10,12H,2-5,7,16H2,1H3,(H,17,19). The summed E-state index contributed by atoms with van der Waals surface area (Å²) in [5, 5.41) is 13.9. The van der Waals surface area contributed by atoms with Crippen molar-refractivity contribution in [1.82, 2.24) is 5.32 Å². The van der Waals surface area contributed by atoms with E-state index in [1.165, 1.54) is 24.6 Å². The lowest BCUT2D eigenvalue weighted by Crippen LogP contribution is -2.34. The van der Waals surface area contributed by atoms with Gasteiger partial charge in [-0.15, -0.1) is 0 Å². The molecule has 0 spiro atoms. The number of nitrogens with one attached hydrogen (secondary N) is 1. The number of anilines is 1. The topological polar surface area (TPSA) is 98.3 Å². The maximum Gasteiger partial charge on any atom is 0.282 e. The molecule has 114 valence electrons. The Bertz CT molecular complexity index is 545. The van der Waals surface area contributed by atoms with Crippen LogP contribution >= 0.6 is 0 Å². The lowest BCUT2D eigenvalue weighted by molar-refractivity contribution is -0.385. The Hall–Kier alpha value is -2.11. The van der Waals surface area contributed by atoms with Crippen LogP contribution in [0.2, 0.25) is 0 Å². The monoisotopic (exact) mass is 291 g/mol. The predicted octanol–water partition coefficient (Wildman–Crippen LogP) is 2.88. The van der Waals surface area contributed by atoms with Gasteiger partial charge in [0.15, 0.2) is 0 Å². The third-order valence-corrected chi connectivity index (χ3v) is 4.05. The maximum absolute atomic E-state index is 12.3. The molecule has 0 heterocycles. The summed E-state index contributed by atoms with van der Waals surface area (Å²) in [5.74, 6) is 0.266. The van der Waals surface area contributed by atoms with E-state index in [1.54, 1.807) is 0 Å². The van der Waals surface area contributed by atoms with Gasteiger partial charge in [0.05, 0.1) is 4.92 Å². The van der Waals surface area contributed by atoms with Crippen molar-refractivity contribution in [3.63, 3.8) is 0 Å². The first-order chi connectivity index (χ1) is 9.97. The molecule has 0 aliphatic heterocycles. The van der Waals surface area contributed by atoms with Gasteiger partial charge in [0.1, 0.15) is 5.56 Å². The van der Waals surface area contributed by atoms with E-state index in [2.05, 4.69) is 12.2 Å². The number of rotatable bonds is 3. The minimum Gasteiger partial charge on any atom is -0.399 e. The fourth-order valence-electron chi connectivity index (χ4n) is 2.79. The minimum atomic E-state index is -0.552. The number of nitro benzene ring substituents is 1. The fraction of sp³-hybridized carbons (Fsp3) is 0.533. The quantitative estimate of drug-likeness (QED) is 0.387. The van der Waals surface area contributed by atoms with Crippen LogP contribution in [0.1, 0.15) is 49.4 Å². The average Bonchev–Trinajstić information content (AvgIpc) is 2.63. The highest BCUT2D eigenvalue weighted by molar-refractivity contribution is 5.99. The minimum absolute atomic E-state index is 0.0392. The Morgan fingerprint density at radius 1 is 1.33 bits per heavy atom. The van der Waals surface area contributed by atoms with Gasteiger partial charge in [0.25, 0.3) is 11.6 Å². The van der Waals surface area contributed by atoms with Crippen LogP contribution in [0.4, 0.5) is 11.4 Å². The summed E-state index contributed by atoms with van der Waals surface area (Å²) in [6, 6.07) is 4.16. The van der Waals surface area contributed by atoms with Crippen LogP contribution in [-0.4, -0.2) is 16.9 Å². The molecule has 0 aromatic heterocycles. The van der Waals surface area contributed by atoms with Crippen molar-refractivity contribution in [3.8, 4) is 0 Å². The summed E-state index contributed by atoms with van der Waals surface area (Å²) in [5.41, 5.74) is 5.82. The summed E-state index contributed by atoms with van der Waals surface area (Å²) in [7, 11) is 0. The molecule has 0 bridgehead atoms. The summed E-state index contributed by atoms with van der Waals surface area (Å²) >= 11 is 0. The molecule has 3 N–H and O–H groups in total. The van der Waals surface area contributed by atoms with Gasteiger partial charge in [0, 0.05) is 17.8 Å². The molecule has 1 aliphatic carbocycles. The zero-order valence-corrected chi connectivity index (χ0v) is 12.2. The molecule has 2 rings (SSSR count). The van der Waals surface area contributed by atoms with E-state index in [9.17, 15) is 14.9 Å². The van der Waals surface area contributed by atoms with Crippen molar-refractivity contribution in [2.24, 2.45) is 5.92 Å². The number of nitro groups is 1. The van der Waals surface area contributed by atoms with Crippen molar-refractivity contribution < 1.29 is 9.72 Å². The molecule has 1 amide bonds. The van der Waals surface area contributed by atoms with Crippen LogP contribution in [0.3, 0.4) is 0 Å². The number of hydrogen-bond acceptors (Lipinski definition) is 4. The van der Waals surface area contributed by atoms with Crippen LogP contribution in [-0.2, 0) is 0 Å². The van der Waals surface area contributed by atoms with E-state index in [0.717, 1.165) is 25.7 Å². The van der Waals surface area contributed by atoms with Crippen molar-refractivity contribution in [2.45, 2.75) is 45.1 Å². The van der Waals surface area contributed by atoms with Gasteiger partial charge in [-0.05, 0) is 37.3 Å². The van der Waals surface area contributed by atoms with E-state index in [-0.39, 0.29) is 17.3 Å². The highest BCUT2D eigenvalue weighted by Crippen LogP contribution is 2.25. The summed E-state index contributed by atoms with van der Waals surface area (Å²) in [6.07, 6.45) is 5.16. The van der Waals surface area contributed by atoms with Crippen molar-refractivity contribution in [2.75, 3.05) is 5.73 Å².